The van der Waals surface area contributed by atoms with Crippen LogP contribution in [0.15, 0.2) is 0 Å². The maximum Gasteiger partial charge on any atom is 0.0529 e. The zero-order chi connectivity index (χ0) is 30.8. The predicted molar refractivity (Wildman–Crippen MR) is 199 cm³/mol. The molecule has 0 aromatic rings. The first-order chi connectivity index (χ1) is 20.5. The van der Waals surface area contributed by atoms with Gasteiger partial charge in [-0.2, -0.15) is 0 Å². The van der Waals surface area contributed by atoms with Gasteiger partial charge in [-0.05, 0) is 26.2 Å². The minimum absolute atomic E-state index is 0. The Kier molecular flexibility index (Phi) is 38.7. The molecule has 0 fully saturated rings. The van der Waals surface area contributed by atoms with Gasteiger partial charge >= 0.3 is 0 Å². The van der Waals surface area contributed by atoms with Gasteiger partial charge in [0.05, 0.1) is 6.10 Å². The van der Waals surface area contributed by atoms with E-state index in [1.165, 1.54) is 205 Å². The number of nitrogens with two attached hydrogens (primary N) is 1. The van der Waals surface area contributed by atoms with Crippen molar-refractivity contribution in [3.8, 4) is 0 Å². The molecule has 0 rings (SSSR count). The molecule has 0 spiro atoms. The molecular formula is C40H84ClNO. The monoisotopic (exact) mass is 630 g/mol. The minimum Gasteiger partial charge on any atom is -0.393 e. The van der Waals surface area contributed by atoms with Crippen LogP contribution in [-0.4, -0.2) is 16.7 Å². The third kappa shape index (κ3) is 36.6. The van der Waals surface area contributed by atoms with E-state index in [4.69, 9.17) is 5.73 Å². The van der Waals surface area contributed by atoms with E-state index in [0.717, 1.165) is 19.3 Å². The Labute approximate surface area is 279 Å². The minimum atomic E-state index is -0.280. The van der Waals surface area contributed by atoms with E-state index in [9.17, 15) is 5.11 Å². The summed E-state index contributed by atoms with van der Waals surface area (Å²) in [7, 11) is 0. The average Bonchev–Trinajstić information content (AvgIpc) is 2.96. The van der Waals surface area contributed by atoms with Crippen molar-refractivity contribution < 1.29 is 5.11 Å². The Bertz CT molecular complexity index is 461. The highest BCUT2D eigenvalue weighted by molar-refractivity contribution is 5.85. The van der Waals surface area contributed by atoms with Crippen LogP contribution in [0.4, 0.5) is 0 Å². The Morgan fingerprint density at radius 3 is 0.767 bits per heavy atom. The van der Waals surface area contributed by atoms with Crippen molar-refractivity contribution in [1.29, 1.82) is 0 Å². The molecule has 0 aromatic carbocycles. The number of hydrogen-bond donors (Lipinski definition) is 2. The fourth-order valence-corrected chi connectivity index (χ4v) is 6.97. The van der Waals surface area contributed by atoms with Crippen LogP contribution in [0, 0.1) is 0 Å². The Hall–Kier alpha value is 0.210. The van der Waals surface area contributed by atoms with Gasteiger partial charge in [0.1, 0.15) is 0 Å². The van der Waals surface area contributed by atoms with Crippen molar-refractivity contribution in [3.63, 3.8) is 0 Å². The molecule has 0 amide bonds. The van der Waals surface area contributed by atoms with E-state index in [2.05, 4.69) is 13.8 Å². The lowest BCUT2D eigenvalue weighted by atomic mass is 9.83. The first-order valence-electron chi connectivity index (χ1n) is 20.0. The second-order valence-electron chi connectivity index (χ2n) is 14.5. The molecule has 1 unspecified atom stereocenters. The Morgan fingerprint density at radius 2 is 0.581 bits per heavy atom. The number of rotatable bonds is 36. The molecule has 2 nitrogen and oxygen atoms in total. The summed E-state index contributed by atoms with van der Waals surface area (Å²) >= 11 is 0. The largest absolute Gasteiger partial charge is 0.393 e. The van der Waals surface area contributed by atoms with Gasteiger partial charge in [0.15, 0.2) is 0 Å². The van der Waals surface area contributed by atoms with Gasteiger partial charge < -0.3 is 10.8 Å². The van der Waals surface area contributed by atoms with Crippen molar-refractivity contribution in [2.45, 2.75) is 257 Å². The molecule has 3 heteroatoms. The number of halogens is 1. The second-order valence-corrected chi connectivity index (χ2v) is 14.5. The molecule has 1 atom stereocenters. The molecule has 3 N–H and O–H groups in total. The van der Waals surface area contributed by atoms with E-state index in [-0.39, 0.29) is 24.0 Å². The van der Waals surface area contributed by atoms with E-state index in [0.29, 0.717) is 0 Å². The Morgan fingerprint density at radius 1 is 0.395 bits per heavy atom. The average molecular weight is 631 g/mol. The third-order valence-electron chi connectivity index (χ3n) is 9.76. The molecule has 262 valence electrons. The molecule has 0 aromatic heterocycles. The van der Waals surface area contributed by atoms with E-state index in [1.807, 2.05) is 6.92 Å². The summed E-state index contributed by atoms with van der Waals surface area (Å²) in [6.07, 6.45) is 47.8. The lowest BCUT2D eigenvalue weighted by Crippen LogP contribution is -2.42. The van der Waals surface area contributed by atoms with E-state index >= 15 is 0 Å². The van der Waals surface area contributed by atoms with Gasteiger partial charge in [-0.1, -0.05) is 219 Å². The topological polar surface area (TPSA) is 46.2 Å². The highest BCUT2D eigenvalue weighted by atomic mass is 35.5. The molecule has 0 aliphatic rings. The van der Waals surface area contributed by atoms with Crippen molar-refractivity contribution in [1.82, 2.24) is 0 Å². The molecule has 0 bridgehead atoms. The lowest BCUT2D eigenvalue weighted by molar-refractivity contribution is 0.137. The molecule has 0 aliphatic carbocycles. The molecular weight excluding hydrogens is 546 g/mol. The smallest absolute Gasteiger partial charge is 0.0529 e. The summed E-state index contributed by atoms with van der Waals surface area (Å²) in [5.74, 6) is 0. The van der Waals surface area contributed by atoms with Gasteiger partial charge in [0.2, 0.25) is 0 Å². The normalized spacial score (nSPS) is 12.5. The molecule has 0 radical (unpaired) electrons. The summed E-state index contributed by atoms with van der Waals surface area (Å²) in [5, 5.41) is 10.1. The van der Waals surface area contributed by atoms with E-state index in [1.54, 1.807) is 0 Å². The van der Waals surface area contributed by atoms with Crippen molar-refractivity contribution in [2.75, 3.05) is 0 Å². The summed E-state index contributed by atoms with van der Waals surface area (Å²) in [6.45, 7) is 6.52. The van der Waals surface area contributed by atoms with Gasteiger partial charge in [0.25, 0.3) is 0 Å². The lowest BCUT2D eigenvalue weighted by Gasteiger charge is -2.31. The fraction of sp³-hybridized carbons (Fsp3) is 1.00. The van der Waals surface area contributed by atoms with Crippen LogP contribution in [0.5, 0.6) is 0 Å². The van der Waals surface area contributed by atoms with Crippen molar-refractivity contribution in [2.24, 2.45) is 5.73 Å². The summed E-state index contributed by atoms with van der Waals surface area (Å²) in [6, 6.07) is 0. The number of aliphatic hydroxyl groups is 1. The van der Waals surface area contributed by atoms with Crippen molar-refractivity contribution in [3.05, 3.63) is 0 Å². The van der Waals surface area contributed by atoms with Gasteiger partial charge in [-0.15, -0.1) is 12.4 Å². The predicted octanol–water partition coefficient (Wildman–Crippen LogP) is 14.2. The third-order valence-corrected chi connectivity index (χ3v) is 9.76. The van der Waals surface area contributed by atoms with Crippen LogP contribution in [0.2, 0.25) is 0 Å². The zero-order valence-electron chi connectivity index (χ0n) is 30.3. The molecule has 0 heterocycles. The Balaban J connectivity index is 0. The van der Waals surface area contributed by atoms with E-state index < -0.39 is 0 Å². The van der Waals surface area contributed by atoms with Crippen LogP contribution < -0.4 is 5.73 Å². The summed E-state index contributed by atoms with van der Waals surface area (Å²) < 4.78 is 0. The zero-order valence-corrected chi connectivity index (χ0v) is 31.1. The number of aliphatic hydroxyl groups excluding tert-OH is 1. The molecule has 0 saturated heterocycles. The van der Waals surface area contributed by atoms with Gasteiger partial charge in [-0.25, -0.2) is 0 Å². The summed E-state index contributed by atoms with van der Waals surface area (Å²) in [4.78, 5) is 0. The van der Waals surface area contributed by atoms with Crippen LogP contribution >= 0.6 is 12.4 Å². The van der Waals surface area contributed by atoms with Crippen LogP contribution in [-0.2, 0) is 0 Å². The van der Waals surface area contributed by atoms with Crippen molar-refractivity contribution >= 4 is 12.4 Å². The van der Waals surface area contributed by atoms with Crippen LogP contribution in [0.1, 0.15) is 245 Å². The number of hydrogen-bond acceptors (Lipinski definition) is 2. The van der Waals surface area contributed by atoms with Crippen LogP contribution in [0.3, 0.4) is 0 Å². The standard InChI is InChI=1S/C40H83NO.ClH/c1-4-6-8-10-12-14-16-18-20-22-24-26-28-30-32-34-36-40(41,38-39(3)42)37-35-33-31-29-27-25-23-21-19-17-15-13-11-9-7-5-2;/h39,42H,4-38,41H2,1-3H3;1H. The quantitative estimate of drug-likeness (QED) is 0.0677. The molecule has 0 saturated carbocycles. The second kappa shape index (κ2) is 36.7. The highest BCUT2D eigenvalue weighted by Crippen LogP contribution is 2.26. The molecule has 43 heavy (non-hydrogen) atoms. The maximum absolute atomic E-state index is 10.1. The molecule has 0 aliphatic heterocycles. The SMILES string of the molecule is CCCCCCCCCCCCCCCCCCC(N)(CCCCCCCCCCCCCCCCCC)CC(C)O.Cl. The summed E-state index contributed by atoms with van der Waals surface area (Å²) in [5.41, 5.74) is 6.71. The maximum atomic E-state index is 10.1. The first-order valence-corrected chi connectivity index (χ1v) is 20.0. The van der Waals surface area contributed by atoms with Gasteiger partial charge in [0, 0.05) is 5.54 Å². The van der Waals surface area contributed by atoms with Crippen LogP contribution in [0.25, 0.3) is 0 Å². The fourth-order valence-electron chi connectivity index (χ4n) is 6.97. The highest BCUT2D eigenvalue weighted by Gasteiger charge is 2.25. The first kappa shape index (κ1) is 45.3. The van der Waals surface area contributed by atoms with Gasteiger partial charge in [-0.3, -0.25) is 0 Å². The number of unbranched alkanes of at least 4 members (excludes halogenated alkanes) is 30.